The second kappa shape index (κ2) is 3.66. The number of hydrogen-bond acceptors (Lipinski definition) is 3. The molecular weight excluding hydrogens is 249 g/mol. The van der Waals surface area contributed by atoms with E-state index in [-0.39, 0.29) is 18.3 Å². The molecule has 1 aliphatic heterocycles. The van der Waals surface area contributed by atoms with Crippen LogP contribution in [0.15, 0.2) is 18.3 Å². The van der Waals surface area contributed by atoms with Gasteiger partial charge in [-0.15, -0.1) is 0 Å². The Bertz CT molecular complexity index is 536. The predicted molar refractivity (Wildman–Crippen MR) is 79.0 cm³/mol. The lowest BCUT2D eigenvalue weighted by molar-refractivity contribution is -0.0274. The van der Waals surface area contributed by atoms with E-state index in [0.29, 0.717) is 5.41 Å². The molecule has 0 N–H and O–H groups in total. The van der Waals surface area contributed by atoms with Crippen LogP contribution in [0, 0.1) is 5.92 Å². The van der Waals surface area contributed by atoms with Gasteiger partial charge in [0.2, 0.25) is 0 Å². The first-order chi connectivity index (χ1) is 9.31. The first kappa shape index (κ1) is 12.8. The molecule has 0 radical (unpaired) electrons. The van der Waals surface area contributed by atoms with Gasteiger partial charge in [-0.2, -0.15) is 0 Å². The van der Waals surface area contributed by atoms with Crippen LogP contribution in [0.3, 0.4) is 0 Å². The summed E-state index contributed by atoms with van der Waals surface area (Å²) in [7, 11) is -0.340. The fraction of sp³-hybridized carbons (Fsp3) is 0.688. The van der Waals surface area contributed by atoms with Gasteiger partial charge in [0, 0.05) is 6.20 Å². The van der Waals surface area contributed by atoms with Crippen molar-refractivity contribution >= 4 is 12.7 Å². The zero-order chi connectivity index (χ0) is 14.2. The summed E-state index contributed by atoms with van der Waals surface area (Å²) < 4.78 is 12.2. The molecule has 2 bridgehead atoms. The van der Waals surface area contributed by atoms with Crippen molar-refractivity contribution in [2.75, 3.05) is 0 Å². The van der Waals surface area contributed by atoms with Gasteiger partial charge in [0.05, 0.1) is 16.8 Å². The zero-order valence-corrected chi connectivity index (χ0v) is 12.8. The van der Waals surface area contributed by atoms with Gasteiger partial charge in [0.15, 0.2) is 0 Å². The summed E-state index contributed by atoms with van der Waals surface area (Å²) in [6.45, 7) is 8.33. The maximum Gasteiger partial charge on any atom is 0.514 e. The van der Waals surface area contributed by atoms with Crippen LogP contribution < -0.4 is 5.59 Å². The third-order valence-electron chi connectivity index (χ3n) is 5.93. The van der Waals surface area contributed by atoms with E-state index in [2.05, 4.69) is 44.8 Å². The minimum absolute atomic E-state index is 0.300. The van der Waals surface area contributed by atoms with Crippen LogP contribution in [-0.4, -0.2) is 23.3 Å². The Balaban J connectivity index is 1.62. The molecule has 0 amide bonds. The molecule has 0 spiro atoms. The van der Waals surface area contributed by atoms with Crippen LogP contribution in [0.1, 0.15) is 52.5 Å². The summed E-state index contributed by atoms with van der Waals surface area (Å²) in [5.41, 5.74) is 2.22. The van der Waals surface area contributed by atoms with Crippen molar-refractivity contribution in [2.45, 2.75) is 63.6 Å². The van der Waals surface area contributed by atoms with Gasteiger partial charge in [-0.3, -0.25) is 4.98 Å². The smallest absolute Gasteiger partial charge is 0.398 e. The Labute approximate surface area is 121 Å². The molecule has 4 heteroatoms. The van der Waals surface area contributed by atoms with Gasteiger partial charge in [-0.25, -0.2) is 0 Å². The molecule has 20 heavy (non-hydrogen) atoms. The molecule has 4 fully saturated rings. The highest BCUT2D eigenvalue weighted by molar-refractivity contribution is 6.61. The second-order valence-electron chi connectivity index (χ2n) is 7.82. The van der Waals surface area contributed by atoms with Crippen molar-refractivity contribution in [3.8, 4) is 0 Å². The van der Waals surface area contributed by atoms with E-state index in [4.69, 9.17) is 9.31 Å². The van der Waals surface area contributed by atoms with Crippen LogP contribution in [0.25, 0.3) is 0 Å². The Hall–Kier alpha value is -0.865. The molecule has 1 saturated heterocycles. The molecule has 106 valence electrons. The maximum absolute atomic E-state index is 6.10. The summed E-state index contributed by atoms with van der Waals surface area (Å²) in [5.74, 6) is 0.989. The van der Waals surface area contributed by atoms with Crippen LogP contribution in [-0.2, 0) is 14.7 Å². The minimum atomic E-state index is -0.340. The fourth-order valence-corrected chi connectivity index (χ4v) is 3.70. The molecule has 0 atom stereocenters. The first-order valence-corrected chi connectivity index (χ1v) is 7.63. The molecule has 3 aliphatic carbocycles. The SMILES string of the molecule is CC1(C)OB(c2cc(C34CC(C3)C4)ccn2)OC1(C)C. The minimum Gasteiger partial charge on any atom is -0.398 e. The highest BCUT2D eigenvalue weighted by Crippen LogP contribution is 2.64. The lowest BCUT2D eigenvalue weighted by atomic mass is 9.42. The van der Waals surface area contributed by atoms with Gasteiger partial charge < -0.3 is 9.31 Å². The van der Waals surface area contributed by atoms with E-state index < -0.39 is 0 Å². The monoisotopic (exact) mass is 271 g/mol. The zero-order valence-electron chi connectivity index (χ0n) is 12.8. The molecule has 5 rings (SSSR count). The van der Waals surface area contributed by atoms with Crippen molar-refractivity contribution < 1.29 is 9.31 Å². The number of hydrogen-bond donors (Lipinski definition) is 0. The normalized spacial score (nSPS) is 36.4. The van der Waals surface area contributed by atoms with E-state index >= 15 is 0 Å². The highest BCUT2D eigenvalue weighted by Gasteiger charge is 2.58. The van der Waals surface area contributed by atoms with Gasteiger partial charge in [-0.05, 0) is 76.0 Å². The average molecular weight is 271 g/mol. The first-order valence-electron chi connectivity index (χ1n) is 7.63. The van der Waals surface area contributed by atoms with Gasteiger partial charge in [-0.1, -0.05) is 0 Å². The van der Waals surface area contributed by atoms with Crippen LogP contribution >= 0.6 is 0 Å². The molecule has 3 nitrogen and oxygen atoms in total. The van der Waals surface area contributed by atoms with Crippen LogP contribution in [0.5, 0.6) is 0 Å². The number of aromatic nitrogens is 1. The Morgan fingerprint density at radius 2 is 1.70 bits per heavy atom. The van der Waals surface area contributed by atoms with Crippen molar-refractivity contribution in [1.82, 2.24) is 4.98 Å². The number of pyridine rings is 1. The summed E-state index contributed by atoms with van der Waals surface area (Å²) in [6, 6.07) is 4.38. The molecular formula is C16H22BNO2. The Kier molecular flexibility index (Phi) is 2.35. The molecule has 0 unspecified atom stereocenters. The molecule has 0 aromatic carbocycles. The number of rotatable bonds is 2. The molecule has 2 heterocycles. The fourth-order valence-electron chi connectivity index (χ4n) is 3.70. The van der Waals surface area contributed by atoms with Gasteiger partial charge >= 0.3 is 7.12 Å². The largest absolute Gasteiger partial charge is 0.514 e. The van der Waals surface area contributed by atoms with Crippen molar-refractivity contribution in [1.29, 1.82) is 0 Å². The Morgan fingerprint density at radius 1 is 1.10 bits per heavy atom. The lowest BCUT2D eigenvalue weighted by Crippen LogP contribution is -2.55. The molecule has 1 aromatic heterocycles. The van der Waals surface area contributed by atoms with Crippen molar-refractivity contribution in [3.05, 3.63) is 23.9 Å². The molecule has 4 aliphatic rings. The predicted octanol–water partition coefficient (Wildman–Crippen LogP) is 2.43. The average Bonchev–Trinajstić information content (AvgIpc) is 2.44. The standard InChI is InChI=1S/C16H22BNO2/c1-14(2)15(3,4)20-17(19-14)13-7-12(5-6-18-13)16-8-11(9-16)10-16/h5-7,11H,8-10H2,1-4H3. The molecule has 3 saturated carbocycles. The maximum atomic E-state index is 6.10. The highest BCUT2D eigenvalue weighted by atomic mass is 16.7. The van der Waals surface area contributed by atoms with E-state index in [1.54, 1.807) is 0 Å². The summed E-state index contributed by atoms with van der Waals surface area (Å²) in [6.07, 6.45) is 6.00. The summed E-state index contributed by atoms with van der Waals surface area (Å²) >= 11 is 0. The van der Waals surface area contributed by atoms with Crippen LogP contribution in [0.2, 0.25) is 0 Å². The van der Waals surface area contributed by atoms with E-state index in [9.17, 15) is 0 Å². The Morgan fingerprint density at radius 3 is 2.20 bits per heavy atom. The van der Waals surface area contributed by atoms with Crippen molar-refractivity contribution in [2.24, 2.45) is 5.92 Å². The quantitative estimate of drug-likeness (QED) is 0.774. The molecule has 1 aromatic rings. The number of nitrogens with zero attached hydrogens (tertiary/aromatic N) is 1. The lowest BCUT2D eigenvalue weighted by Gasteiger charge is -2.62. The van der Waals surface area contributed by atoms with Crippen molar-refractivity contribution in [3.63, 3.8) is 0 Å². The third kappa shape index (κ3) is 1.58. The summed E-state index contributed by atoms with van der Waals surface area (Å²) in [4.78, 5) is 4.49. The summed E-state index contributed by atoms with van der Waals surface area (Å²) in [5, 5.41) is 0. The second-order valence-corrected chi connectivity index (χ2v) is 7.82. The van der Waals surface area contributed by atoms with E-state index in [1.807, 2.05) is 6.20 Å². The van der Waals surface area contributed by atoms with Crippen LogP contribution in [0.4, 0.5) is 0 Å². The topological polar surface area (TPSA) is 31.4 Å². The van der Waals surface area contributed by atoms with Gasteiger partial charge in [0.1, 0.15) is 0 Å². The van der Waals surface area contributed by atoms with Gasteiger partial charge in [0.25, 0.3) is 0 Å². The van der Waals surface area contributed by atoms with E-state index in [0.717, 1.165) is 11.5 Å². The van der Waals surface area contributed by atoms with E-state index in [1.165, 1.54) is 24.8 Å². The third-order valence-corrected chi connectivity index (χ3v) is 5.93.